The van der Waals surface area contributed by atoms with Crippen molar-refractivity contribution in [2.75, 3.05) is 4.90 Å². The Hall–Kier alpha value is -1.82. The number of carbonyl (C=O) groups excluding carboxylic acids is 1. The van der Waals surface area contributed by atoms with Gasteiger partial charge in [-0.05, 0) is 50.2 Å². The van der Waals surface area contributed by atoms with Gasteiger partial charge in [0.25, 0.3) is 0 Å². The number of para-hydroxylation sites is 1. The van der Waals surface area contributed by atoms with Gasteiger partial charge in [0.1, 0.15) is 0 Å². The van der Waals surface area contributed by atoms with Crippen LogP contribution in [-0.2, 0) is 4.79 Å². The highest BCUT2D eigenvalue weighted by Gasteiger charge is 2.26. The van der Waals surface area contributed by atoms with Crippen molar-refractivity contribution in [3.05, 3.63) is 70.7 Å². The first-order valence-electron chi connectivity index (χ1n) is 7.78. The van der Waals surface area contributed by atoms with Crippen LogP contribution in [0.25, 0.3) is 0 Å². The molecule has 3 rings (SSSR count). The summed E-state index contributed by atoms with van der Waals surface area (Å²) in [6, 6.07) is 17.2. The average Bonchev–Trinajstić information content (AvgIpc) is 3.04. The smallest absolute Gasteiger partial charge is 0.246 e. The highest BCUT2D eigenvalue weighted by Crippen LogP contribution is 2.33. The predicted octanol–water partition coefficient (Wildman–Crippen LogP) is 5.95. The largest absolute Gasteiger partial charge is 0.273 e. The van der Waals surface area contributed by atoms with Gasteiger partial charge in [0, 0.05) is 15.3 Å². The minimum absolute atomic E-state index is 0.000463. The number of rotatable bonds is 5. The molecule has 1 unspecified atom stereocenters. The molecule has 2 aromatic carbocycles. The van der Waals surface area contributed by atoms with Crippen LogP contribution in [-0.4, -0.2) is 16.1 Å². The summed E-state index contributed by atoms with van der Waals surface area (Å²) in [6.45, 7) is 3.84. The van der Waals surface area contributed by atoms with Gasteiger partial charge in [0.15, 0.2) is 5.13 Å². The number of thioether (sulfide) groups is 1. The van der Waals surface area contributed by atoms with Crippen molar-refractivity contribution in [2.45, 2.75) is 24.0 Å². The zero-order valence-electron chi connectivity index (χ0n) is 13.8. The second-order valence-electron chi connectivity index (χ2n) is 5.49. The third-order valence-corrected chi connectivity index (χ3v) is 5.80. The maximum absolute atomic E-state index is 13.2. The summed E-state index contributed by atoms with van der Waals surface area (Å²) in [5.41, 5.74) is 1.73. The number of anilines is 2. The van der Waals surface area contributed by atoms with Gasteiger partial charge in [-0.3, -0.25) is 9.69 Å². The number of hydrogen-bond acceptors (Lipinski definition) is 4. The lowest BCUT2D eigenvalue weighted by molar-refractivity contribution is -0.117. The Labute approximate surface area is 160 Å². The van der Waals surface area contributed by atoms with Gasteiger partial charge in [-0.1, -0.05) is 29.8 Å². The summed E-state index contributed by atoms with van der Waals surface area (Å²) < 4.78 is 0. The topological polar surface area (TPSA) is 33.2 Å². The number of aryl methyl sites for hydroxylation is 1. The van der Waals surface area contributed by atoms with E-state index >= 15 is 0 Å². The van der Waals surface area contributed by atoms with E-state index < -0.39 is 0 Å². The van der Waals surface area contributed by atoms with Crippen LogP contribution in [0.5, 0.6) is 0 Å². The van der Waals surface area contributed by atoms with Gasteiger partial charge in [-0.15, -0.1) is 23.1 Å². The van der Waals surface area contributed by atoms with E-state index in [-0.39, 0.29) is 11.2 Å². The molecule has 1 atom stereocenters. The second-order valence-corrected chi connectivity index (χ2v) is 8.18. The molecule has 1 amide bonds. The molecule has 0 spiro atoms. The fourth-order valence-electron chi connectivity index (χ4n) is 2.30. The maximum Gasteiger partial charge on any atom is 0.246 e. The summed E-state index contributed by atoms with van der Waals surface area (Å²) in [5, 5.41) is 3.07. The summed E-state index contributed by atoms with van der Waals surface area (Å²) in [7, 11) is 0. The van der Waals surface area contributed by atoms with E-state index in [4.69, 9.17) is 11.6 Å². The molecular weight excluding hydrogens is 372 g/mol. The Morgan fingerprint density at radius 1 is 1.16 bits per heavy atom. The first-order chi connectivity index (χ1) is 12.0. The molecule has 0 aliphatic carbocycles. The Balaban J connectivity index is 1.87. The molecule has 128 valence electrons. The first kappa shape index (κ1) is 18.0. The normalized spacial score (nSPS) is 12.0. The second kappa shape index (κ2) is 8.04. The lowest BCUT2D eigenvalue weighted by Crippen LogP contribution is -2.32. The Morgan fingerprint density at radius 3 is 2.44 bits per heavy atom. The molecule has 0 bridgehead atoms. The van der Waals surface area contributed by atoms with Crippen molar-refractivity contribution in [1.82, 2.24) is 4.98 Å². The number of benzene rings is 2. The molecule has 6 heteroatoms. The van der Waals surface area contributed by atoms with Gasteiger partial charge < -0.3 is 0 Å². The summed E-state index contributed by atoms with van der Waals surface area (Å²) in [6.07, 6.45) is 0. The number of carbonyl (C=O) groups is 1. The third kappa shape index (κ3) is 4.42. The molecular formula is C19H17ClN2OS2. The standard InChI is InChI=1S/C19H17ClN2OS2/c1-13-12-24-19(21-13)22(16-6-4-3-5-7-16)18(23)14(2)25-17-10-8-15(20)9-11-17/h3-12,14H,1-2H3. The number of hydrogen-bond donors (Lipinski definition) is 0. The van der Waals surface area contributed by atoms with Crippen molar-refractivity contribution in [3.63, 3.8) is 0 Å². The Morgan fingerprint density at radius 2 is 1.84 bits per heavy atom. The van der Waals surface area contributed by atoms with Gasteiger partial charge in [0.2, 0.25) is 5.91 Å². The number of halogens is 1. The minimum Gasteiger partial charge on any atom is -0.273 e. The SMILES string of the molecule is Cc1csc(N(C(=O)C(C)Sc2ccc(Cl)cc2)c2ccccc2)n1. The molecule has 0 saturated heterocycles. The molecule has 1 heterocycles. The molecule has 3 nitrogen and oxygen atoms in total. The van der Waals surface area contributed by atoms with Crippen LogP contribution in [0.15, 0.2) is 64.9 Å². The molecule has 0 radical (unpaired) electrons. The van der Waals surface area contributed by atoms with E-state index in [0.717, 1.165) is 16.3 Å². The van der Waals surface area contributed by atoms with Gasteiger partial charge >= 0.3 is 0 Å². The summed E-state index contributed by atoms with van der Waals surface area (Å²) in [5.74, 6) is 0.000463. The quantitative estimate of drug-likeness (QED) is 0.506. The summed E-state index contributed by atoms with van der Waals surface area (Å²) in [4.78, 5) is 20.4. The maximum atomic E-state index is 13.2. The van der Waals surface area contributed by atoms with Crippen LogP contribution in [0, 0.1) is 6.92 Å². The summed E-state index contributed by atoms with van der Waals surface area (Å²) >= 11 is 8.92. The fourth-order valence-corrected chi connectivity index (χ4v) is 4.16. The van der Waals surface area contributed by atoms with Gasteiger partial charge in [-0.2, -0.15) is 0 Å². The fraction of sp³-hybridized carbons (Fsp3) is 0.158. The molecule has 0 aliphatic heterocycles. The highest BCUT2D eigenvalue weighted by atomic mass is 35.5. The Bertz CT molecular complexity index is 849. The van der Waals surface area contributed by atoms with E-state index in [9.17, 15) is 4.79 Å². The van der Waals surface area contributed by atoms with E-state index in [1.807, 2.05) is 73.8 Å². The average molecular weight is 389 g/mol. The first-order valence-corrected chi connectivity index (χ1v) is 9.91. The van der Waals surface area contributed by atoms with Crippen molar-refractivity contribution >= 4 is 51.4 Å². The number of thiazole rings is 1. The van der Waals surface area contributed by atoms with E-state index in [2.05, 4.69) is 4.98 Å². The van der Waals surface area contributed by atoms with Crippen LogP contribution in [0.3, 0.4) is 0 Å². The molecule has 1 aromatic heterocycles. The van der Waals surface area contributed by atoms with Crippen LogP contribution in [0.1, 0.15) is 12.6 Å². The van der Waals surface area contributed by atoms with Gasteiger partial charge in [0.05, 0.1) is 16.6 Å². The van der Waals surface area contributed by atoms with Crippen LogP contribution in [0.2, 0.25) is 5.02 Å². The molecule has 0 saturated carbocycles. The monoisotopic (exact) mass is 388 g/mol. The highest BCUT2D eigenvalue weighted by molar-refractivity contribution is 8.00. The van der Waals surface area contributed by atoms with E-state index in [0.29, 0.717) is 10.2 Å². The molecule has 25 heavy (non-hydrogen) atoms. The van der Waals surface area contributed by atoms with Crippen LogP contribution >= 0.6 is 34.7 Å². The Kier molecular flexibility index (Phi) is 5.78. The van der Waals surface area contributed by atoms with Crippen molar-refractivity contribution in [3.8, 4) is 0 Å². The lowest BCUT2D eigenvalue weighted by Gasteiger charge is -2.23. The minimum atomic E-state index is -0.259. The zero-order chi connectivity index (χ0) is 17.8. The molecule has 0 fully saturated rings. The number of amides is 1. The van der Waals surface area contributed by atoms with Crippen molar-refractivity contribution < 1.29 is 4.79 Å². The number of aromatic nitrogens is 1. The predicted molar refractivity (Wildman–Crippen MR) is 107 cm³/mol. The van der Waals surface area contributed by atoms with Gasteiger partial charge in [-0.25, -0.2) is 4.98 Å². The van der Waals surface area contributed by atoms with Crippen LogP contribution < -0.4 is 4.90 Å². The van der Waals surface area contributed by atoms with Crippen molar-refractivity contribution in [2.24, 2.45) is 0 Å². The van der Waals surface area contributed by atoms with Crippen molar-refractivity contribution in [1.29, 1.82) is 0 Å². The van der Waals surface area contributed by atoms with E-state index in [1.165, 1.54) is 23.1 Å². The lowest BCUT2D eigenvalue weighted by atomic mass is 10.3. The number of nitrogens with zero attached hydrogens (tertiary/aromatic N) is 2. The molecule has 0 N–H and O–H groups in total. The van der Waals surface area contributed by atoms with E-state index in [1.54, 1.807) is 4.90 Å². The zero-order valence-corrected chi connectivity index (χ0v) is 16.2. The van der Waals surface area contributed by atoms with Crippen LogP contribution in [0.4, 0.5) is 10.8 Å². The molecule has 3 aromatic rings. The third-order valence-electron chi connectivity index (χ3n) is 3.51. The molecule has 0 aliphatic rings.